The van der Waals surface area contributed by atoms with E-state index in [1.54, 1.807) is 7.11 Å². The standard InChI is InChI=1S/C15H22N8O2/c1-10-4-22(14-18-9-17-13(21-14)7-25-3)5-11(2)23(10)15-19-8-16-12(6-24)20-15/h8-11,24H,4-7H2,1-3H3. The number of ether oxygens (including phenoxy) is 1. The second-order valence-electron chi connectivity index (χ2n) is 6.00. The molecule has 1 aliphatic heterocycles. The summed E-state index contributed by atoms with van der Waals surface area (Å²) >= 11 is 0. The highest BCUT2D eigenvalue weighted by molar-refractivity contribution is 5.40. The SMILES string of the molecule is COCc1ncnc(N2CC(C)N(c3ncnc(CO)n3)C(C)C2)n1. The molecule has 0 aromatic carbocycles. The number of aliphatic hydroxyl groups is 1. The second-order valence-corrected chi connectivity index (χ2v) is 6.00. The average Bonchev–Trinajstić information content (AvgIpc) is 2.62. The number of aliphatic hydroxyl groups excluding tert-OH is 1. The fourth-order valence-corrected chi connectivity index (χ4v) is 3.07. The third-order valence-corrected chi connectivity index (χ3v) is 4.07. The van der Waals surface area contributed by atoms with E-state index in [0.29, 0.717) is 30.2 Å². The first-order valence-corrected chi connectivity index (χ1v) is 8.11. The van der Waals surface area contributed by atoms with Crippen LogP contribution < -0.4 is 9.80 Å². The van der Waals surface area contributed by atoms with Crippen molar-refractivity contribution >= 4 is 11.9 Å². The number of hydrogen-bond donors (Lipinski definition) is 1. The third-order valence-electron chi connectivity index (χ3n) is 4.07. The molecule has 0 radical (unpaired) electrons. The smallest absolute Gasteiger partial charge is 0.229 e. The van der Waals surface area contributed by atoms with E-state index in [0.717, 1.165) is 13.1 Å². The van der Waals surface area contributed by atoms with E-state index in [1.807, 2.05) is 0 Å². The number of rotatable bonds is 5. The number of methoxy groups -OCH3 is 1. The molecule has 1 fully saturated rings. The van der Waals surface area contributed by atoms with Crippen LogP contribution in [0.1, 0.15) is 25.5 Å². The van der Waals surface area contributed by atoms with E-state index in [4.69, 9.17) is 4.74 Å². The zero-order valence-electron chi connectivity index (χ0n) is 14.6. The maximum atomic E-state index is 9.24. The molecule has 25 heavy (non-hydrogen) atoms. The van der Waals surface area contributed by atoms with Crippen molar-refractivity contribution in [3.8, 4) is 0 Å². The van der Waals surface area contributed by atoms with Crippen LogP contribution in [0.4, 0.5) is 11.9 Å². The van der Waals surface area contributed by atoms with E-state index in [1.165, 1.54) is 12.7 Å². The molecule has 2 atom stereocenters. The van der Waals surface area contributed by atoms with Crippen molar-refractivity contribution in [1.82, 2.24) is 29.9 Å². The van der Waals surface area contributed by atoms with Crippen LogP contribution in [0.2, 0.25) is 0 Å². The predicted molar refractivity (Wildman–Crippen MR) is 89.9 cm³/mol. The number of anilines is 2. The normalized spacial score (nSPS) is 20.8. The molecule has 3 rings (SSSR count). The van der Waals surface area contributed by atoms with E-state index < -0.39 is 0 Å². The highest BCUT2D eigenvalue weighted by atomic mass is 16.5. The first kappa shape index (κ1) is 17.4. The molecule has 1 N–H and O–H groups in total. The number of nitrogens with zero attached hydrogens (tertiary/aromatic N) is 8. The molecule has 0 spiro atoms. The molecule has 0 bridgehead atoms. The topological polar surface area (TPSA) is 113 Å². The Kier molecular flexibility index (Phi) is 5.29. The van der Waals surface area contributed by atoms with Crippen LogP contribution in [-0.2, 0) is 18.0 Å². The van der Waals surface area contributed by atoms with Crippen LogP contribution >= 0.6 is 0 Å². The van der Waals surface area contributed by atoms with Gasteiger partial charge in [-0.3, -0.25) is 0 Å². The molecule has 2 unspecified atom stereocenters. The van der Waals surface area contributed by atoms with Crippen LogP contribution in [0.15, 0.2) is 12.7 Å². The maximum absolute atomic E-state index is 9.24. The molecule has 2 aromatic heterocycles. The molecule has 0 saturated carbocycles. The Balaban J connectivity index is 1.78. The zero-order valence-corrected chi connectivity index (χ0v) is 14.6. The van der Waals surface area contributed by atoms with Crippen molar-refractivity contribution in [2.45, 2.75) is 39.1 Å². The highest BCUT2D eigenvalue weighted by Gasteiger charge is 2.32. The summed E-state index contributed by atoms with van der Waals surface area (Å²) in [5, 5.41) is 9.24. The third kappa shape index (κ3) is 3.80. The van der Waals surface area contributed by atoms with Crippen molar-refractivity contribution in [1.29, 1.82) is 0 Å². The summed E-state index contributed by atoms with van der Waals surface area (Å²) in [5.41, 5.74) is 0. The van der Waals surface area contributed by atoms with Gasteiger partial charge in [0.25, 0.3) is 0 Å². The predicted octanol–water partition coefficient (Wildman–Crippen LogP) is -0.201. The first-order chi connectivity index (χ1) is 12.1. The molecule has 2 aromatic rings. The van der Waals surface area contributed by atoms with Crippen LogP contribution in [-0.4, -0.2) is 67.3 Å². The van der Waals surface area contributed by atoms with Gasteiger partial charge in [0.1, 0.15) is 25.9 Å². The van der Waals surface area contributed by atoms with E-state index in [2.05, 4.69) is 53.6 Å². The Morgan fingerprint density at radius 3 is 2.24 bits per heavy atom. The van der Waals surface area contributed by atoms with Crippen molar-refractivity contribution in [3.63, 3.8) is 0 Å². The molecule has 134 valence electrons. The van der Waals surface area contributed by atoms with Crippen molar-refractivity contribution < 1.29 is 9.84 Å². The van der Waals surface area contributed by atoms with Crippen LogP contribution in [0, 0.1) is 0 Å². The van der Waals surface area contributed by atoms with Crippen molar-refractivity contribution in [2.24, 2.45) is 0 Å². The Labute approximate surface area is 146 Å². The fraction of sp³-hybridized carbons (Fsp3) is 0.600. The zero-order chi connectivity index (χ0) is 17.8. The quantitative estimate of drug-likeness (QED) is 0.780. The van der Waals surface area contributed by atoms with Crippen LogP contribution in [0.5, 0.6) is 0 Å². The largest absolute Gasteiger partial charge is 0.388 e. The Morgan fingerprint density at radius 1 is 1.00 bits per heavy atom. The average molecular weight is 346 g/mol. The molecular weight excluding hydrogens is 324 g/mol. The monoisotopic (exact) mass is 346 g/mol. The lowest BCUT2D eigenvalue weighted by Crippen LogP contribution is -2.58. The summed E-state index contributed by atoms with van der Waals surface area (Å²) in [7, 11) is 1.61. The van der Waals surface area contributed by atoms with Gasteiger partial charge < -0.3 is 19.6 Å². The van der Waals surface area contributed by atoms with Crippen LogP contribution in [0.3, 0.4) is 0 Å². The van der Waals surface area contributed by atoms with Gasteiger partial charge >= 0.3 is 0 Å². The molecule has 10 heteroatoms. The van der Waals surface area contributed by atoms with Crippen molar-refractivity contribution in [3.05, 3.63) is 24.3 Å². The summed E-state index contributed by atoms with van der Waals surface area (Å²) < 4.78 is 5.09. The second kappa shape index (κ2) is 7.62. The lowest BCUT2D eigenvalue weighted by atomic mass is 10.1. The van der Waals surface area contributed by atoms with Gasteiger partial charge in [0.2, 0.25) is 11.9 Å². The van der Waals surface area contributed by atoms with Gasteiger partial charge in [-0.25, -0.2) is 19.9 Å². The Bertz CT molecular complexity index is 703. The molecule has 1 saturated heterocycles. The van der Waals surface area contributed by atoms with E-state index in [9.17, 15) is 5.11 Å². The summed E-state index contributed by atoms with van der Waals surface area (Å²) in [6.45, 7) is 5.80. The number of piperazine rings is 1. The molecular formula is C15H22N8O2. The molecule has 0 amide bonds. The maximum Gasteiger partial charge on any atom is 0.229 e. The molecule has 3 heterocycles. The number of hydrogen-bond acceptors (Lipinski definition) is 10. The van der Waals surface area contributed by atoms with Gasteiger partial charge in [-0.05, 0) is 13.8 Å². The lowest BCUT2D eigenvalue weighted by molar-refractivity contribution is 0.177. The minimum absolute atomic E-state index is 0.139. The van der Waals surface area contributed by atoms with Gasteiger partial charge in [-0.15, -0.1) is 0 Å². The van der Waals surface area contributed by atoms with E-state index in [-0.39, 0.29) is 18.7 Å². The molecule has 10 nitrogen and oxygen atoms in total. The summed E-state index contributed by atoms with van der Waals surface area (Å²) in [6.07, 6.45) is 2.95. The Hall–Kier alpha value is -2.46. The summed E-state index contributed by atoms with van der Waals surface area (Å²) in [5.74, 6) is 2.20. The molecule has 1 aliphatic rings. The van der Waals surface area contributed by atoms with Gasteiger partial charge in [0, 0.05) is 32.3 Å². The van der Waals surface area contributed by atoms with Gasteiger partial charge in [0.15, 0.2) is 11.6 Å². The minimum Gasteiger partial charge on any atom is -0.388 e. The van der Waals surface area contributed by atoms with Gasteiger partial charge in [0.05, 0.1) is 0 Å². The lowest BCUT2D eigenvalue weighted by Gasteiger charge is -2.44. The fourth-order valence-electron chi connectivity index (χ4n) is 3.07. The molecule has 0 aliphatic carbocycles. The first-order valence-electron chi connectivity index (χ1n) is 8.11. The summed E-state index contributed by atoms with van der Waals surface area (Å²) in [4.78, 5) is 29.7. The Morgan fingerprint density at radius 2 is 1.60 bits per heavy atom. The van der Waals surface area contributed by atoms with Crippen molar-refractivity contribution in [2.75, 3.05) is 30.0 Å². The highest BCUT2D eigenvalue weighted by Crippen LogP contribution is 2.23. The van der Waals surface area contributed by atoms with Gasteiger partial charge in [-0.1, -0.05) is 0 Å². The number of aromatic nitrogens is 6. The van der Waals surface area contributed by atoms with Crippen LogP contribution in [0.25, 0.3) is 0 Å². The summed E-state index contributed by atoms with van der Waals surface area (Å²) in [6, 6.07) is 0.278. The minimum atomic E-state index is -0.203. The van der Waals surface area contributed by atoms with E-state index >= 15 is 0 Å². The van der Waals surface area contributed by atoms with Gasteiger partial charge in [-0.2, -0.15) is 9.97 Å².